The summed E-state index contributed by atoms with van der Waals surface area (Å²) >= 11 is 0. The minimum atomic E-state index is -0.886. The number of rotatable bonds is 4. The number of carbonyl (C=O) groups excluding carboxylic acids is 1. The maximum atomic E-state index is 13.8. The highest BCUT2D eigenvalue weighted by Crippen LogP contribution is 2.25. The average Bonchev–Trinajstić information content (AvgIpc) is 2.55. The summed E-state index contributed by atoms with van der Waals surface area (Å²) in [6.07, 6.45) is -0.886. The van der Waals surface area contributed by atoms with E-state index >= 15 is 0 Å². The van der Waals surface area contributed by atoms with Crippen LogP contribution in [0.5, 0.6) is 0 Å². The van der Waals surface area contributed by atoms with Crippen molar-refractivity contribution in [2.24, 2.45) is 0 Å². The zero-order valence-electron chi connectivity index (χ0n) is 17.4. The molecule has 2 aromatic rings. The first-order valence-corrected chi connectivity index (χ1v) is 9.24. The van der Waals surface area contributed by atoms with E-state index in [-0.39, 0.29) is 35.7 Å². The largest absolute Gasteiger partial charge is 0.508 e. The van der Waals surface area contributed by atoms with Gasteiger partial charge in [0.1, 0.15) is 24.8 Å². The molecule has 5 heteroatoms. The van der Waals surface area contributed by atoms with E-state index in [0.717, 1.165) is 11.1 Å². The number of hydrogen-bond acceptors (Lipinski definition) is 3. The van der Waals surface area contributed by atoms with Crippen LogP contribution in [0.1, 0.15) is 63.8 Å². The molecule has 0 fully saturated rings. The van der Waals surface area contributed by atoms with Crippen LogP contribution in [0.25, 0.3) is 0 Å². The highest BCUT2D eigenvalue weighted by atomic mass is 19.1. The molecule has 0 heterocycles. The fourth-order valence-electron chi connectivity index (χ4n) is 2.66. The molecule has 2 aromatic carbocycles. The van der Waals surface area contributed by atoms with E-state index in [9.17, 15) is 13.6 Å². The number of benzene rings is 2. The van der Waals surface area contributed by atoms with Crippen molar-refractivity contribution in [1.82, 2.24) is 0 Å². The molecule has 0 aliphatic rings. The van der Waals surface area contributed by atoms with Gasteiger partial charge in [-0.05, 0) is 57.3 Å². The van der Waals surface area contributed by atoms with Crippen molar-refractivity contribution < 1.29 is 23.0 Å². The fraction of sp³-hybridized carbons (Fsp3) is 0.435. The predicted octanol–water partition coefficient (Wildman–Crippen LogP) is 6.41. The lowest BCUT2D eigenvalue weighted by Crippen LogP contribution is -2.14. The standard InChI is InChI=1S/C23H28F2O3/c1-22(2,3)17-7-15(9-19(24)11-17)13-27-21(26)28-14-16-8-18(23(4,5)6)12-20(25)10-16/h7-12H,13-14H2,1-6H3. The maximum absolute atomic E-state index is 13.8. The van der Waals surface area contributed by atoms with Crippen LogP contribution in [0.4, 0.5) is 13.6 Å². The van der Waals surface area contributed by atoms with Crippen LogP contribution >= 0.6 is 0 Å². The van der Waals surface area contributed by atoms with Crippen molar-refractivity contribution in [3.63, 3.8) is 0 Å². The molecule has 0 saturated carbocycles. The van der Waals surface area contributed by atoms with E-state index in [1.54, 1.807) is 12.1 Å². The number of ether oxygens (including phenoxy) is 2. The molecule has 3 nitrogen and oxygen atoms in total. The van der Waals surface area contributed by atoms with Crippen molar-refractivity contribution in [2.75, 3.05) is 0 Å². The third-order valence-electron chi connectivity index (χ3n) is 4.36. The Labute approximate surface area is 165 Å². The van der Waals surface area contributed by atoms with E-state index in [4.69, 9.17) is 9.47 Å². The van der Waals surface area contributed by atoms with Gasteiger partial charge in [0.25, 0.3) is 0 Å². The molecule has 0 saturated heterocycles. The summed E-state index contributed by atoms with van der Waals surface area (Å²) in [5.74, 6) is -0.761. The molecule has 0 aromatic heterocycles. The second-order valence-electron chi connectivity index (χ2n) is 9.02. The van der Waals surface area contributed by atoms with Crippen LogP contribution in [-0.2, 0) is 33.5 Å². The molecule has 0 radical (unpaired) electrons. The average molecular weight is 390 g/mol. The highest BCUT2D eigenvalue weighted by Gasteiger charge is 2.17. The Kier molecular flexibility index (Phi) is 6.48. The third-order valence-corrected chi connectivity index (χ3v) is 4.36. The van der Waals surface area contributed by atoms with Crippen molar-refractivity contribution in [3.05, 3.63) is 70.3 Å². The van der Waals surface area contributed by atoms with Crippen molar-refractivity contribution in [2.45, 2.75) is 65.6 Å². The van der Waals surface area contributed by atoms with Gasteiger partial charge in [-0.2, -0.15) is 0 Å². The maximum Gasteiger partial charge on any atom is 0.508 e. The van der Waals surface area contributed by atoms with Crippen LogP contribution in [0.15, 0.2) is 36.4 Å². The van der Waals surface area contributed by atoms with Crippen LogP contribution in [0.2, 0.25) is 0 Å². The lowest BCUT2D eigenvalue weighted by Gasteiger charge is -2.20. The van der Waals surface area contributed by atoms with Gasteiger partial charge in [-0.1, -0.05) is 53.7 Å². The first-order chi connectivity index (χ1) is 12.8. The smallest absolute Gasteiger partial charge is 0.429 e. The molecule has 2 rings (SSSR count). The van der Waals surface area contributed by atoms with Crippen LogP contribution < -0.4 is 0 Å². The molecule has 0 amide bonds. The SMILES string of the molecule is CC(C)(C)c1cc(F)cc(COC(=O)OCc2cc(F)cc(C(C)(C)C)c2)c1. The van der Waals surface area contributed by atoms with Crippen molar-refractivity contribution in [1.29, 1.82) is 0 Å². The first kappa shape index (κ1) is 21.9. The van der Waals surface area contributed by atoms with E-state index in [1.165, 1.54) is 24.3 Å². The molecular formula is C23H28F2O3. The minimum absolute atomic E-state index is 0.101. The zero-order chi connectivity index (χ0) is 21.1. The molecule has 0 bridgehead atoms. The molecular weight excluding hydrogens is 362 g/mol. The fourth-order valence-corrected chi connectivity index (χ4v) is 2.66. The summed E-state index contributed by atoms with van der Waals surface area (Å²) in [5.41, 5.74) is 2.27. The second-order valence-corrected chi connectivity index (χ2v) is 9.02. The highest BCUT2D eigenvalue weighted by molar-refractivity contribution is 5.60. The van der Waals surface area contributed by atoms with Gasteiger partial charge in [-0.25, -0.2) is 13.6 Å². The summed E-state index contributed by atoms with van der Waals surface area (Å²) in [6.45, 7) is 11.7. The second kappa shape index (κ2) is 8.29. The van der Waals surface area contributed by atoms with Gasteiger partial charge < -0.3 is 9.47 Å². The quantitative estimate of drug-likeness (QED) is 0.566. The van der Waals surface area contributed by atoms with Crippen molar-refractivity contribution in [3.8, 4) is 0 Å². The summed E-state index contributed by atoms with van der Waals surface area (Å²) in [7, 11) is 0. The Morgan fingerprint density at radius 1 is 0.714 bits per heavy atom. The molecule has 0 unspecified atom stereocenters. The number of halogens is 2. The van der Waals surface area contributed by atoms with Gasteiger partial charge in [-0.15, -0.1) is 0 Å². The Hall–Kier alpha value is -2.43. The lowest BCUT2D eigenvalue weighted by atomic mass is 9.86. The normalized spacial score (nSPS) is 12.0. The summed E-state index contributed by atoms with van der Waals surface area (Å²) < 4.78 is 37.8. The van der Waals surface area contributed by atoms with Gasteiger partial charge in [-0.3, -0.25) is 0 Å². The Bertz CT molecular complexity index is 776. The summed E-state index contributed by atoms with van der Waals surface area (Å²) in [6, 6.07) is 9.20. The number of hydrogen-bond donors (Lipinski definition) is 0. The van der Waals surface area contributed by atoms with Crippen LogP contribution in [-0.4, -0.2) is 6.16 Å². The monoisotopic (exact) mass is 390 g/mol. The molecule has 28 heavy (non-hydrogen) atoms. The van der Waals surface area contributed by atoms with E-state index < -0.39 is 6.16 Å². The molecule has 0 spiro atoms. The molecule has 0 atom stereocenters. The van der Waals surface area contributed by atoms with E-state index in [1.807, 2.05) is 41.5 Å². The van der Waals surface area contributed by atoms with Gasteiger partial charge in [0.2, 0.25) is 0 Å². The van der Waals surface area contributed by atoms with Gasteiger partial charge in [0, 0.05) is 0 Å². The minimum Gasteiger partial charge on any atom is -0.429 e. The predicted molar refractivity (Wildman–Crippen MR) is 105 cm³/mol. The Balaban J connectivity index is 1.97. The molecule has 0 aliphatic heterocycles. The summed E-state index contributed by atoms with van der Waals surface area (Å²) in [4.78, 5) is 11.9. The number of carbonyl (C=O) groups is 1. The van der Waals surface area contributed by atoms with E-state index in [0.29, 0.717) is 11.1 Å². The molecule has 0 aliphatic carbocycles. The summed E-state index contributed by atoms with van der Waals surface area (Å²) in [5, 5.41) is 0. The van der Waals surface area contributed by atoms with Gasteiger partial charge in [0.05, 0.1) is 0 Å². The molecule has 152 valence electrons. The Morgan fingerprint density at radius 2 is 1.07 bits per heavy atom. The first-order valence-electron chi connectivity index (χ1n) is 9.24. The lowest BCUT2D eigenvalue weighted by molar-refractivity contribution is 0.0444. The third kappa shape index (κ3) is 6.32. The van der Waals surface area contributed by atoms with Gasteiger partial charge >= 0.3 is 6.16 Å². The zero-order valence-corrected chi connectivity index (χ0v) is 17.4. The Morgan fingerprint density at radius 3 is 1.39 bits per heavy atom. The van der Waals surface area contributed by atoms with Crippen LogP contribution in [0.3, 0.4) is 0 Å². The van der Waals surface area contributed by atoms with Crippen LogP contribution in [0, 0.1) is 11.6 Å². The topological polar surface area (TPSA) is 35.5 Å². The molecule has 0 N–H and O–H groups in total. The van der Waals surface area contributed by atoms with Gasteiger partial charge in [0.15, 0.2) is 0 Å². The van der Waals surface area contributed by atoms with E-state index in [2.05, 4.69) is 0 Å². The van der Waals surface area contributed by atoms with Crippen molar-refractivity contribution >= 4 is 6.16 Å².